The number of nitrogens with zero attached hydrogens (tertiary/aromatic N) is 1. The molecular formula is C18H23FN2O3S. The minimum atomic E-state index is -1.50. The Morgan fingerprint density at radius 1 is 1.20 bits per heavy atom. The van der Waals surface area contributed by atoms with E-state index in [1.165, 1.54) is 12.1 Å². The Labute approximate surface area is 149 Å². The van der Waals surface area contributed by atoms with Crippen LogP contribution in [0.2, 0.25) is 0 Å². The maximum Gasteiger partial charge on any atom is 0.245 e. The van der Waals surface area contributed by atoms with Crippen LogP contribution in [0.5, 0.6) is 0 Å². The van der Waals surface area contributed by atoms with Crippen LogP contribution in [0.15, 0.2) is 34.9 Å². The summed E-state index contributed by atoms with van der Waals surface area (Å²) in [5.74, 6) is -0.400. The quantitative estimate of drug-likeness (QED) is 0.874. The van der Waals surface area contributed by atoms with E-state index in [9.17, 15) is 13.4 Å². The topological polar surface area (TPSA) is 72.2 Å². The minimum absolute atomic E-state index is 0.157. The van der Waals surface area contributed by atoms with Gasteiger partial charge in [-0.2, -0.15) is 0 Å². The molecule has 0 unspecified atom stereocenters. The third-order valence-corrected chi connectivity index (χ3v) is 5.76. The summed E-state index contributed by atoms with van der Waals surface area (Å²) in [6.45, 7) is 9.15. The lowest BCUT2D eigenvalue weighted by molar-refractivity contribution is -0.117. The van der Waals surface area contributed by atoms with E-state index in [1.54, 1.807) is 32.0 Å². The molecule has 0 aliphatic carbocycles. The first-order chi connectivity index (χ1) is 11.5. The smallest absolute Gasteiger partial charge is 0.245 e. The monoisotopic (exact) mass is 366 g/mol. The maximum atomic E-state index is 13.0. The molecule has 0 aliphatic rings. The molecular weight excluding hydrogens is 343 g/mol. The molecule has 1 amide bonds. The molecule has 1 atom stereocenters. The second kappa shape index (κ2) is 7.07. The van der Waals surface area contributed by atoms with Gasteiger partial charge in [-0.3, -0.25) is 14.3 Å². The molecule has 0 radical (unpaired) electrons. The molecule has 0 saturated heterocycles. The van der Waals surface area contributed by atoms with Gasteiger partial charge >= 0.3 is 0 Å². The predicted molar refractivity (Wildman–Crippen MR) is 96.2 cm³/mol. The van der Waals surface area contributed by atoms with Gasteiger partial charge in [0.15, 0.2) is 0 Å². The number of carbonyl (C=O) groups excluding carboxylic acids is 1. The first-order valence-electron chi connectivity index (χ1n) is 7.92. The zero-order chi connectivity index (χ0) is 18.8. The van der Waals surface area contributed by atoms with Gasteiger partial charge in [0, 0.05) is 28.0 Å². The molecule has 7 heteroatoms. The number of carbonyl (C=O) groups is 1. The SMILES string of the molecule is CC(C)(C)c1cc(NC(=O)C(C)(C)[S@](=O)Cc2ccc(F)cc2)on1. The number of benzene rings is 1. The molecule has 1 aromatic heterocycles. The molecule has 1 heterocycles. The average Bonchev–Trinajstić information content (AvgIpc) is 2.98. The van der Waals surface area contributed by atoms with E-state index in [4.69, 9.17) is 4.52 Å². The number of nitrogens with one attached hydrogen (secondary N) is 1. The van der Waals surface area contributed by atoms with E-state index in [0.29, 0.717) is 11.3 Å². The van der Waals surface area contributed by atoms with Gasteiger partial charge in [0.1, 0.15) is 10.6 Å². The van der Waals surface area contributed by atoms with Crippen molar-refractivity contribution in [2.45, 2.75) is 50.5 Å². The summed E-state index contributed by atoms with van der Waals surface area (Å²) >= 11 is 0. The third-order valence-electron chi connectivity index (χ3n) is 3.84. The molecule has 1 N–H and O–H groups in total. The third kappa shape index (κ3) is 4.75. The average molecular weight is 366 g/mol. The van der Waals surface area contributed by atoms with Crippen LogP contribution in [0.25, 0.3) is 0 Å². The normalized spacial score (nSPS) is 13.5. The molecule has 0 spiro atoms. The number of anilines is 1. The van der Waals surface area contributed by atoms with Crippen LogP contribution in [0, 0.1) is 5.82 Å². The zero-order valence-corrected chi connectivity index (χ0v) is 15.9. The Morgan fingerprint density at radius 3 is 2.32 bits per heavy atom. The minimum Gasteiger partial charge on any atom is -0.338 e. The molecule has 0 fully saturated rings. The molecule has 1 aromatic carbocycles. The molecule has 25 heavy (non-hydrogen) atoms. The van der Waals surface area contributed by atoms with Crippen molar-refractivity contribution in [1.82, 2.24) is 5.16 Å². The van der Waals surface area contributed by atoms with Crippen molar-refractivity contribution in [1.29, 1.82) is 0 Å². The van der Waals surface area contributed by atoms with Gasteiger partial charge in [-0.25, -0.2) is 4.39 Å². The van der Waals surface area contributed by atoms with Crippen LogP contribution in [-0.4, -0.2) is 20.0 Å². The van der Waals surface area contributed by atoms with Crippen molar-refractivity contribution < 1.29 is 17.9 Å². The van der Waals surface area contributed by atoms with Crippen LogP contribution in [0.1, 0.15) is 45.9 Å². The van der Waals surface area contributed by atoms with Gasteiger partial charge in [0.2, 0.25) is 11.8 Å². The number of hydrogen-bond acceptors (Lipinski definition) is 4. The summed E-state index contributed by atoms with van der Waals surface area (Å²) in [5.41, 5.74) is 1.22. The largest absolute Gasteiger partial charge is 0.338 e. The van der Waals surface area contributed by atoms with Crippen molar-refractivity contribution in [3.8, 4) is 0 Å². The van der Waals surface area contributed by atoms with E-state index in [1.807, 2.05) is 20.8 Å². The zero-order valence-electron chi connectivity index (χ0n) is 15.1. The van der Waals surface area contributed by atoms with Crippen LogP contribution < -0.4 is 5.32 Å². The lowest BCUT2D eigenvalue weighted by atomic mass is 9.92. The summed E-state index contributed by atoms with van der Waals surface area (Å²) in [6, 6.07) is 7.40. The highest BCUT2D eigenvalue weighted by atomic mass is 32.2. The summed E-state index contributed by atoms with van der Waals surface area (Å²) in [7, 11) is -1.50. The maximum absolute atomic E-state index is 13.0. The fourth-order valence-electron chi connectivity index (χ4n) is 1.97. The molecule has 0 aliphatic heterocycles. The second-order valence-corrected chi connectivity index (χ2v) is 9.41. The van der Waals surface area contributed by atoms with Crippen LogP contribution in [0.4, 0.5) is 10.3 Å². The fraction of sp³-hybridized carbons (Fsp3) is 0.444. The van der Waals surface area contributed by atoms with Crippen LogP contribution in [0.3, 0.4) is 0 Å². The van der Waals surface area contributed by atoms with Gasteiger partial charge in [0.25, 0.3) is 0 Å². The van der Waals surface area contributed by atoms with Crippen molar-refractivity contribution in [3.05, 3.63) is 47.4 Å². The number of hydrogen-bond donors (Lipinski definition) is 1. The molecule has 2 aromatic rings. The Kier molecular flexibility index (Phi) is 5.46. The summed E-state index contributed by atoms with van der Waals surface area (Å²) in [4.78, 5) is 12.5. The van der Waals surface area contributed by atoms with Gasteiger partial charge in [-0.15, -0.1) is 0 Å². The molecule has 136 valence electrons. The highest BCUT2D eigenvalue weighted by Crippen LogP contribution is 2.25. The lowest BCUT2D eigenvalue weighted by Crippen LogP contribution is -2.41. The second-order valence-electron chi connectivity index (χ2n) is 7.41. The highest BCUT2D eigenvalue weighted by molar-refractivity contribution is 7.86. The van der Waals surface area contributed by atoms with Crippen LogP contribution >= 0.6 is 0 Å². The van der Waals surface area contributed by atoms with Gasteiger partial charge in [-0.1, -0.05) is 38.1 Å². The van der Waals surface area contributed by atoms with E-state index >= 15 is 0 Å². The van der Waals surface area contributed by atoms with Crippen molar-refractivity contribution >= 4 is 22.6 Å². The van der Waals surface area contributed by atoms with Crippen molar-refractivity contribution in [2.24, 2.45) is 0 Å². The number of amides is 1. The van der Waals surface area contributed by atoms with Crippen molar-refractivity contribution in [3.63, 3.8) is 0 Å². The van der Waals surface area contributed by atoms with Gasteiger partial charge in [-0.05, 0) is 31.5 Å². The lowest BCUT2D eigenvalue weighted by Gasteiger charge is -2.22. The van der Waals surface area contributed by atoms with Crippen molar-refractivity contribution in [2.75, 3.05) is 5.32 Å². The van der Waals surface area contributed by atoms with Gasteiger partial charge in [0.05, 0.1) is 5.69 Å². The molecule has 0 bridgehead atoms. The number of halogens is 1. The Morgan fingerprint density at radius 2 is 1.80 bits per heavy atom. The molecule has 2 rings (SSSR count). The summed E-state index contributed by atoms with van der Waals surface area (Å²) in [6.07, 6.45) is 0. The standard InChI is InChI=1S/C18H23FN2O3S/c1-17(2,3)14-10-15(24-21-14)20-16(22)18(4,5)25(23)11-12-6-8-13(19)9-7-12/h6-10H,11H2,1-5H3,(H,20,22)/t25-/m1/s1. The van der Waals surface area contributed by atoms with Gasteiger partial charge < -0.3 is 4.52 Å². The summed E-state index contributed by atoms with van der Waals surface area (Å²) in [5, 5.41) is 6.57. The van der Waals surface area contributed by atoms with E-state index in [2.05, 4.69) is 10.5 Å². The van der Waals surface area contributed by atoms with Crippen LogP contribution in [-0.2, 0) is 26.8 Å². The van der Waals surface area contributed by atoms with E-state index in [0.717, 1.165) is 0 Å². The first-order valence-corrected chi connectivity index (χ1v) is 9.23. The number of aromatic nitrogens is 1. The predicted octanol–water partition coefficient (Wildman–Crippen LogP) is 3.78. The van der Waals surface area contributed by atoms with E-state index in [-0.39, 0.29) is 22.9 Å². The van der Waals surface area contributed by atoms with E-state index < -0.39 is 21.5 Å². The Hall–Kier alpha value is -2.02. The molecule has 5 nitrogen and oxygen atoms in total. The fourth-order valence-corrected chi connectivity index (χ4v) is 3.08. The molecule has 0 saturated carbocycles. The highest BCUT2D eigenvalue weighted by Gasteiger charge is 2.35. The summed E-state index contributed by atoms with van der Waals surface area (Å²) < 4.78 is 29.6. The Bertz CT molecular complexity index is 776. The first kappa shape index (κ1) is 19.3. The number of rotatable bonds is 5. The Balaban J connectivity index is 2.07.